The second kappa shape index (κ2) is 7.54. The van der Waals surface area contributed by atoms with Crippen molar-refractivity contribution in [3.8, 4) is 22.4 Å². The minimum Gasteiger partial charge on any atom is -0.307 e. The molecule has 160 valence electrons. The summed E-state index contributed by atoms with van der Waals surface area (Å²) in [5.41, 5.74) is 8.02. The van der Waals surface area contributed by atoms with Gasteiger partial charge in [0.2, 0.25) is 0 Å². The van der Waals surface area contributed by atoms with Crippen LogP contribution in [0.5, 0.6) is 0 Å². The minimum absolute atomic E-state index is 1.01. The van der Waals surface area contributed by atoms with Crippen molar-refractivity contribution in [2.45, 2.75) is 0 Å². The Morgan fingerprint density at radius 2 is 1.26 bits per heavy atom. The number of benzene rings is 5. The summed E-state index contributed by atoms with van der Waals surface area (Å²) >= 11 is 3.82. The number of fused-ring (bicyclic) bond motifs is 3. The summed E-state index contributed by atoms with van der Waals surface area (Å²) in [5, 5.41) is 4.85. The molecule has 0 spiro atoms. The van der Waals surface area contributed by atoms with Crippen LogP contribution in [0.25, 0.3) is 43.9 Å². The zero-order chi connectivity index (χ0) is 22.6. The van der Waals surface area contributed by atoms with Gasteiger partial charge in [0.1, 0.15) is 0 Å². The van der Waals surface area contributed by atoms with Crippen LogP contribution in [0.4, 0.5) is 17.1 Å². The Balaban J connectivity index is 1.59. The van der Waals surface area contributed by atoms with Crippen molar-refractivity contribution in [3.63, 3.8) is 0 Å². The first-order valence-electron chi connectivity index (χ1n) is 11.3. The molecule has 0 N–H and O–H groups in total. The molecule has 0 atom stereocenters. The zero-order valence-electron chi connectivity index (χ0n) is 18.2. The average molecular weight is 499 g/mol. The number of halogens is 1. The van der Waals surface area contributed by atoms with E-state index in [1.54, 1.807) is 0 Å². The number of aromatic nitrogens is 1. The maximum absolute atomic E-state index is 4.90. The van der Waals surface area contributed by atoms with Crippen molar-refractivity contribution in [3.05, 3.63) is 120 Å². The molecule has 0 fully saturated rings. The highest BCUT2D eigenvalue weighted by molar-refractivity contribution is 9.10. The Kier molecular flexibility index (Phi) is 4.33. The molecule has 1 aromatic heterocycles. The van der Waals surface area contributed by atoms with E-state index in [0.717, 1.165) is 21.5 Å². The van der Waals surface area contributed by atoms with E-state index < -0.39 is 0 Å². The van der Waals surface area contributed by atoms with Crippen LogP contribution < -0.4 is 4.90 Å². The van der Waals surface area contributed by atoms with Crippen LogP contribution in [-0.2, 0) is 0 Å². The highest BCUT2D eigenvalue weighted by Crippen LogP contribution is 2.52. The summed E-state index contributed by atoms with van der Waals surface area (Å²) in [4.78, 5) is 7.27. The van der Waals surface area contributed by atoms with Gasteiger partial charge in [0.15, 0.2) is 0 Å². The molecule has 0 amide bonds. The van der Waals surface area contributed by atoms with Gasteiger partial charge in [-0.3, -0.25) is 4.98 Å². The third kappa shape index (κ3) is 2.84. The number of hydrogen-bond donors (Lipinski definition) is 0. The van der Waals surface area contributed by atoms with E-state index in [9.17, 15) is 0 Å². The van der Waals surface area contributed by atoms with Gasteiger partial charge in [-0.2, -0.15) is 0 Å². The fourth-order valence-corrected chi connectivity index (χ4v) is 5.80. The van der Waals surface area contributed by atoms with Crippen LogP contribution in [0.1, 0.15) is 0 Å². The van der Waals surface area contributed by atoms with Crippen LogP contribution in [0.15, 0.2) is 120 Å². The Morgan fingerprint density at radius 3 is 2.09 bits per heavy atom. The predicted molar refractivity (Wildman–Crippen MR) is 146 cm³/mol. The first-order chi connectivity index (χ1) is 16.8. The third-order valence-electron chi connectivity index (χ3n) is 6.66. The topological polar surface area (TPSA) is 16.1 Å². The highest BCUT2D eigenvalue weighted by atomic mass is 79.9. The lowest BCUT2D eigenvalue weighted by Crippen LogP contribution is -2.16. The average Bonchev–Trinajstić information content (AvgIpc) is 2.89. The van der Waals surface area contributed by atoms with Gasteiger partial charge >= 0.3 is 0 Å². The number of nitrogens with zero attached hydrogens (tertiary/aromatic N) is 2. The first-order valence-corrected chi connectivity index (χ1v) is 12.1. The lowest BCUT2D eigenvalue weighted by atomic mass is 9.90. The SMILES string of the molecule is Brc1cccc2cccc(N3c4cccnc4-c4cc(-c5ccccc5)cc5cccc3c45)c12. The smallest absolute Gasteiger partial charge is 0.0949 e. The Hall–Kier alpha value is -3.95. The molecule has 1 aliphatic rings. The molecule has 0 saturated carbocycles. The van der Waals surface area contributed by atoms with E-state index >= 15 is 0 Å². The van der Waals surface area contributed by atoms with Gasteiger partial charge in [-0.1, -0.05) is 82.7 Å². The summed E-state index contributed by atoms with van der Waals surface area (Å²) in [5.74, 6) is 0. The van der Waals surface area contributed by atoms with Gasteiger partial charge in [0.05, 0.1) is 22.8 Å². The lowest BCUT2D eigenvalue weighted by Gasteiger charge is -2.34. The molecule has 0 saturated heterocycles. The van der Waals surface area contributed by atoms with Crippen LogP contribution >= 0.6 is 15.9 Å². The van der Waals surface area contributed by atoms with Crippen molar-refractivity contribution in [1.29, 1.82) is 0 Å². The van der Waals surface area contributed by atoms with Crippen molar-refractivity contribution >= 4 is 54.5 Å². The second-order valence-electron chi connectivity index (χ2n) is 8.59. The fourth-order valence-electron chi connectivity index (χ4n) is 5.22. The molecule has 2 nitrogen and oxygen atoms in total. The van der Waals surface area contributed by atoms with Crippen molar-refractivity contribution in [1.82, 2.24) is 4.98 Å². The summed E-state index contributed by atoms with van der Waals surface area (Å²) in [6.07, 6.45) is 1.89. The molecule has 3 heteroatoms. The van der Waals surface area contributed by atoms with E-state index in [2.05, 4.69) is 124 Å². The van der Waals surface area contributed by atoms with Crippen LogP contribution in [0, 0.1) is 0 Å². The van der Waals surface area contributed by atoms with E-state index in [1.165, 1.54) is 43.9 Å². The lowest BCUT2D eigenvalue weighted by molar-refractivity contribution is 1.23. The van der Waals surface area contributed by atoms with E-state index in [-0.39, 0.29) is 0 Å². The van der Waals surface area contributed by atoms with Crippen molar-refractivity contribution in [2.24, 2.45) is 0 Å². The molecule has 7 rings (SSSR count). The normalized spacial score (nSPS) is 12.2. The van der Waals surface area contributed by atoms with Crippen molar-refractivity contribution < 1.29 is 0 Å². The molecular formula is C31H19BrN2. The van der Waals surface area contributed by atoms with Gasteiger partial charge in [-0.05, 0) is 64.4 Å². The Labute approximate surface area is 206 Å². The monoisotopic (exact) mass is 498 g/mol. The Bertz CT molecular complexity index is 1720. The summed E-state index contributed by atoms with van der Waals surface area (Å²) in [6.45, 7) is 0. The highest BCUT2D eigenvalue weighted by Gasteiger charge is 2.28. The predicted octanol–water partition coefficient (Wildman–Crippen LogP) is 9.27. The van der Waals surface area contributed by atoms with Gasteiger partial charge in [0.25, 0.3) is 0 Å². The largest absolute Gasteiger partial charge is 0.307 e. The number of anilines is 3. The van der Waals surface area contributed by atoms with Crippen LogP contribution in [-0.4, -0.2) is 4.98 Å². The molecule has 0 bridgehead atoms. The van der Waals surface area contributed by atoms with Crippen molar-refractivity contribution in [2.75, 3.05) is 4.90 Å². The summed E-state index contributed by atoms with van der Waals surface area (Å²) in [6, 6.07) is 38.8. The molecule has 1 aliphatic heterocycles. The standard InChI is InChI=1S/C31H19BrN2/c32-25-13-4-10-21-11-5-15-27(30(21)25)34-26-14-6-12-22-18-23(20-8-2-1-3-9-20)19-24(29(22)26)31-28(34)16-7-17-33-31/h1-19H. The molecule has 0 radical (unpaired) electrons. The summed E-state index contributed by atoms with van der Waals surface area (Å²) < 4.78 is 1.09. The van der Waals surface area contributed by atoms with Gasteiger partial charge in [-0.15, -0.1) is 0 Å². The minimum atomic E-state index is 1.01. The molecular weight excluding hydrogens is 480 g/mol. The number of hydrogen-bond acceptors (Lipinski definition) is 2. The molecule has 0 aliphatic carbocycles. The molecule has 0 unspecified atom stereocenters. The molecule has 2 heterocycles. The van der Waals surface area contributed by atoms with Gasteiger partial charge in [-0.25, -0.2) is 0 Å². The number of rotatable bonds is 2. The molecule has 34 heavy (non-hydrogen) atoms. The number of pyridine rings is 1. The summed E-state index contributed by atoms with van der Waals surface area (Å²) in [7, 11) is 0. The Morgan fingerprint density at radius 1 is 0.559 bits per heavy atom. The van der Waals surface area contributed by atoms with E-state index in [0.29, 0.717) is 0 Å². The second-order valence-corrected chi connectivity index (χ2v) is 9.44. The quantitative estimate of drug-likeness (QED) is 0.236. The van der Waals surface area contributed by atoms with E-state index in [4.69, 9.17) is 4.98 Å². The van der Waals surface area contributed by atoms with Gasteiger partial charge in [0, 0.05) is 27.0 Å². The van der Waals surface area contributed by atoms with Crippen LogP contribution in [0.2, 0.25) is 0 Å². The van der Waals surface area contributed by atoms with Gasteiger partial charge < -0.3 is 4.90 Å². The fraction of sp³-hybridized carbons (Fsp3) is 0. The molecule has 6 aromatic rings. The van der Waals surface area contributed by atoms with E-state index in [1.807, 2.05) is 12.3 Å². The third-order valence-corrected chi connectivity index (χ3v) is 7.32. The first kappa shape index (κ1) is 19.5. The zero-order valence-corrected chi connectivity index (χ0v) is 19.8. The maximum atomic E-state index is 4.90. The maximum Gasteiger partial charge on any atom is 0.0949 e. The molecule has 5 aromatic carbocycles. The van der Waals surface area contributed by atoms with Crippen LogP contribution in [0.3, 0.4) is 0 Å².